The fourth-order valence-electron chi connectivity index (χ4n) is 2.72. The van der Waals surface area contributed by atoms with Gasteiger partial charge in [-0.25, -0.2) is 8.78 Å². The minimum absolute atomic E-state index is 0. The molecule has 0 aliphatic carbocycles. The van der Waals surface area contributed by atoms with Gasteiger partial charge in [-0.1, -0.05) is 18.2 Å². The molecule has 20 heavy (non-hydrogen) atoms. The van der Waals surface area contributed by atoms with Crippen LogP contribution in [-0.4, -0.2) is 37.5 Å². The van der Waals surface area contributed by atoms with Crippen LogP contribution < -0.4 is 5.32 Å². The Balaban J connectivity index is 0.00000180. The molecule has 116 valence electrons. The second-order valence-electron chi connectivity index (χ2n) is 4.87. The molecule has 1 atom stereocenters. The van der Waals surface area contributed by atoms with Crippen LogP contribution >= 0.6 is 24.8 Å². The maximum absolute atomic E-state index is 13.5. The summed E-state index contributed by atoms with van der Waals surface area (Å²) in [6.45, 7) is 6.77. The van der Waals surface area contributed by atoms with Crippen molar-refractivity contribution in [3.8, 4) is 0 Å². The Bertz CT molecular complexity index is 390. The van der Waals surface area contributed by atoms with Gasteiger partial charge < -0.3 is 5.32 Å². The van der Waals surface area contributed by atoms with Crippen molar-refractivity contribution in [1.29, 1.82) is 0 Å². The van der Waals surface area contributed by atoms with Crippen molar-refractivity contribution >= 4 is 24.8 Å². The van der Waals surface area contributed by atoms with Crippen molar-refractivity contribution in [2.24, 2.45) is 0 Å². The molecule has 1 N–H and O–H groups in total. The number of hydrogen-bond acceptors (Lipinski definition) is 2. The fourth-order valence-corrected chi connectivity index (χ4v) is 2.72. The van der Waals surface area contributed by atoms with Crippen LogP contribution in [0.4, 0.5) is 8.78 Å². The van der Waals surface area contributed by atoms with Crippen LogP contribution in [0.25, 0.3) is 0 Å². The van der Waals surface area contributed by atoms with Crippen molar-refractivity contribution in [3.63, 3.8) is 0 Å². The van der Waals surface area contributed by atoms with Gasteiger partial charge in [-0.15, -0.1) is 24.8 Å². The molecule has 2 nitrogen and oxygen atoms in total. The molecular weight excluding hydrogens is 305 g/mol. The third-order valence-corrected chi connectivity index (χ3v) is 3.62. The van der Waals surface area contributed by atoms with Gasteiger partial charge in [0.05, 0.1) is 6.04 Å². The first kappa shape index (κ1) is 19.6. The maximum Gasteiger partial charge on any atom is 0.258 e. The van der Waals surface area contributed by atoms with Crippen LogP contribution in [0.2, 0.25) is 0 Å². The lowest BCUT2D eigenvalue weighted by molar-refractivity contribution is 0.0175. The Labute approximate surface area is 131 Å². The summed E-state index contributed by atoms with van der Waals surface area (Å²) in [6, 6.07) is 4.99. The van der Waals surface area contributed by atoms with Gasteiger partial charge in [0.1, 0.15) is 0 Å². The van der Waals surface area contributed by atoms with Crippen molar-refractivity contribution in [1.82, 2.24) is 10.2 Å². The van der Waals surface area contributed by atoms with Crippen molar-refractivity contribution in [3.05, 3.63) is 34.9 Å². The summed E-state index contributed by atoms with van der Waals surface area (Å²) in [5, 5.41) is 3.20. The molecule has 1 aliphatic rings. The van der Waals surface area contributed by atoms with Crippen LogP contribution in [0.15, 0.2) is 18.2 Å². The van der Waals surface area contributed by atoms with Gasteiger partial charge in [0.25, 0.3) is 6.43 Å². The van der Waals surface area contributed by atoms with E-state index in [1.807, 2.05) is 36.9 Å². The zero-order chi connectivity index (χ0) is 13.1. The molecule has 0 spiro atoms. The number of halogens is 4. The first-order valence-electron chi connectivity index (χ1n) is 6.40. The van der Waals surface area contributed by atoms with Gasteiger partial charge in [0, 0.05) is 26.2 Å². The van der Waals surface area contributed by atoms with Gasteiger partial charge in [-0.3, -0.25) is 4.90 Å². The van der Waals surface area contributed by atoms with Crippen LogP contribution in [0.3, 0.4) is 0 Å². The number of hydrogen-bond donors (Lipinski definition) is 1. The summed E-state index contributed by atoms with van der Waals surface area (Å²) in [4.78, 5) is 1.90. The summed E-state index contributed by atoms with van der Waals surface area (Å²) in [7, 11) is 0. The number of nitrogens with one attached hydrogen (secondary N) is 1. The number of benzene rings is 1. The average Bonchev–Trinajstić information content (AvgIpc) is 2.34. The topological polar surface area (TPSA) is 15.3 Å². The van der Waals surface area contributed by atoms with Crippen molar-refractivity contribution in [2.75, 3.05) is 26.2 Å². The van der Waals surface area contributed by atoms with E-state index in [0.717, 1.165) is 29.8 Å². The molecule has 1 aromatic carbocycles. The average molecular weight is 327 g/mol. The van der Waals surface area contributed by atoms with E-state index >= 15 is 0 Å². The molecular formula is C14H22Cl2F2N2. The van der Waals surface area contributed by atoms with Crippen LogP contribution in [-0.2, 0) is 0 Å². The number of nitrogens with zero attached hydrogens (tertiary/aromatic N) is 1. The molecule has 0 radical (unpaired) electrons. The maximum atomic E-state index is 13.5. The second kappa shape index (κ2) is 8.78. The van der Waals surface area contributed by atoms with E-state index in [1.54, 1.807) is 0 Å². The zero-order valence-corrected chi connectivity index (χ0v) is 13.4. The highest BCUT2D eigenvalue weighted by molar-refractivity contribution is 5.85. The van der Waals surface area contributed by atoms with E-state index < -0.39 is 12.5 Å². The summed E-state index contributed by atoms with van der Waals surface area (Å²) >= 11 is 0. The molecule has 1 saturated heterocycles. The van der Waals surface area contributed by atoms with Crippen LogP contribution in [0, 0.1) is 13.8 Å². The summed E-state index contributed by atoms with van der Waals surface area (Å²) < 4.78 is 26.9. The van der Waals surface area contributed by atoms with E-state index in [4.69, 9.17) is 0 Å². The third kappa shape index (κ3) is 4.29. The lowest BCUT2D eigenvalue weighted by Gasteiger charge is -2.36. The molecule has 0 bridgehead atoms. The van der Waals surface area contributed by atoms with Gasteiger partial charge in [0.15, 0.2) is 0 Å². The monoisotopic (exact) mass is 326 g/mol. The molecule has 1 aromatic rings. The highest BCUT2D eigenvalue weighted by atomic mass is 35.5. The van der Waals surface area contributed by atoms with E-state index in [9.17, 15) is 8.78 Å². The SMILES string of the molecule is Cc1cccc(C)c1[C@@H](C(F)F)N1CCNCC1.Cl.Cl. The minimum Gasteiger partial charge on any atom is -0.314 e. The molecule has 1 aliphatic heterocycles. The Morgan fingerprint density at radius 1 is 1.05 bits per heavy atom. The van der Waals surface area contributed by atoms with Crippen molar-refractivity contribution in [2.45, 2.75) is 26.3 Å². The largest absolute Gasteiger partial charge is 0.314 e. The molecule has 1 fully saturated rings. The van der Waals surface area contributed by atoms with Crippen molar-refractivity contribution < 1.29 is 8.78 Å². The first-order chi connectivity index (χ1) is 8.61. The van der Waals surface area contributed by atoms with E-state index in [0.29, 0.717) is 13.1 Å². The Morgan fingerprint density at radius 2 is 1.55 bits per heavy atom. The molecule has 0 unspecified atom stereocenters. The van der Waals surface area contributed by atoms with Gasteiger partial charge in [-0.2, -0.15) is 0 Å². The molecule has 2 rings (SSSR count). The molecule has 0 amide bonds. The Hall–Kier alpha value is -0.420. The van der Waals surface area contributed by atoms with Gasteiger partial charge in [0.2, 0.25) is 0 Å². The predicted molar refractivity (Wildman–Crippen MR) is 83.6 cm³/mol. The molecule has 1 heterocycles. The smallest absolute Gasteiger partial charge is 0.258 e. The molecule has 0 saturated carbocycles. The van der Waals surface area contributed by atoms with E-state index in [-0.39, 0.29) is 24.8 Å². The van der Waals surface area contributed by atoms with Gasteiger partial charge in [-0.05, 0) is 30.5 Å². The molecule has 6 heteroatoms. The number of alkyl halides is 2. The standard InChI is InChI=1S/C14H20F2N2.2ClH/c1-10-4-3-5-11(2)12(10)13(14(15)16)18-8-6-17-7-9-18;;/h3-5,13-14,17H,6-9H2,1-2H3;2*1H/t13-;;/m0../s1. The summed E-state index contributed by atoms with van der Waals surface area (Å²) in [5.41, 5.74) is 2.71. The highest BCUT2D eigenvalue weighted by Crippen LogP contribution is 2.32. The fraction of sp³-hybridized carbons (Fsp3) is 0.571. The number of rotatable bonds is 3. The number of aryl methyl sites for hydroxylation is 2. The summed E-state index contributed by atoms with van der Waals surface area (Å²) in [5.74, 6) is 0. The zero-order valence-electron chi connectivity index (χ0n) is 11.7. The summed E-state index contributed by atoms with van der Waals surface area (Å²) in [6.07, 6.45) is -2.34. The van der Waals surface area contributed by atoms with Gasteiger partial charge >= 0.3 is 0 Å². The Morgan fingerprint density at radius 3 is 2.00 bits per heavy atom. The predicted octanol–water partition coefficient (Wildman–Crippen LogP) is 3.36. The van der Waals surface area contributed by atoms with Crippen LogP contribution in [0.1, 0.15) is 22.7 Å². The Kier molecular flexibility index (Phi) is 8.59. The third-order valence-electron chi connectivity index (χ3n) is 3.62. The first-order valence-corrected chi connectivity index (χ1v) is 6.40. The van der Waals surface area contributed by atoms with E-state index in [1.165, 1.54) is 0 Å². The lowest BCUT2D eigenvalue weighted by Crippen LogP contribution is -2.47. The highest BCUT2D eigenvalue weighted by Gasteiger charge is 2.31. The molecule has 0 aromatic heterocycles. The number of piperazine rings is 1. The minimum atomic E-state index is -2.34. The second-order valence-corrected chi connectivity index (χ2v) is 4.87. The normalized spacial score (nSPS) is 17.2. The quantitative estimate of drug-likeness (QED) is 0.916. The lowest BCUT2D eigenvalue weighted by atomic mass is 9.95. The van der Waals surface area contributed by atoms with Crippen LogP contribution in [0.5, 0.6) is 0 Å². The van der Waals surface area contributed by atoms with E-state index in [2.05, 4.69) is 5.32 Å².